The molecule has 6 nitrogen and oxygen atoms in total. The van der Waals surface area contributed by atoms with E-state index in [9.17, 15) is 9.59 Å². The van der Waals surface area contributed by atoms with Gasteiger partial charge in [-0.05, 0) is 43.2 Å². The standard InChI is InChI=1S/C18H18N4O2/c1-11-6-5-7-13(12(11)2)18(24)22-21-17(23)10-16-19-14-8-3-4-9-15(14)20-16/h3-9H,10H2,1-2H3,(H,19,20)(H,21,23)(H,22,24). The van der Waals surface area contributed by atoms with E-state index < -0.39 is 0 Å². The fourth-order valence-corrected chi connectivity index (χ4v) is 2.48. The second-order valence-electron chi connectivity index (χ2n) is 5.63. The van der Waals surface area contributed by atoms with Gasteiger partial charge in [0.1, 0.15) is 5.82 Å². The molecule has 0 bridgehead atoms. The lowest BCUT2D eigenvalue weighted by Gasteiger charge is -2.10. The highest BCUT2D eigenvalue weighted by Crippen LogP contribution is 2.12. The maximum Gasteiger partial charge on any atom is 0.269 e. The molecule has 0 aliphatic carbocycles. The minimum atomic E-state index is -0.340. The molecule has 122 valence electrons. The van der Waals surface area contributed by atoms with Crippen molar-refractivity contribution in [3.05, 3.63) is 65.0 Å². The van der Waals surface area contributed by atoms with Crippen molar-refractivity contribution in [2.45, 2.75) is 20.3 Å². The highest BCUT2D eigenvalue weighted by Gasteiger charge is 2.12. The number of nitrogens with zero attached hydrogens (tertiary/aromatic N) is 1. The van der Waals surface area contributed by atoms with Gasteiger partial charge in [0.2, 0.25) is 5.91 Å². The van der Waals surface area contributed by atoms with E-state index in [1.165, 1.54) is 0 Å². The van der Waals surface area contributed by atoms with Crippen LogP contribution in [0.25, 0.3) is 11.0 Å². The molecule has 0 atom stereocenters. The highest BCUT2D eigenvalue weighted by molar-refractivity contribution is 5.97. The molecule has 0 fully saturated rings. The zero-order valence-electron chi connectivity index (χ0n) is 13.5. The van der Waals surface area contributed by atoms with Crippen molar-refractivity contribution >= 4 is 22.8 Å². The number of nitrogens with one attached hydrogen (secondary N) is 3. The van der Waals surface area contributed by atoms with Crippen LogP contribution < -0.4 is 10.9 Å². The quantitative estimate of drug-likeness (QED) is 0.646. The molecule has 2 amide bonds. The second-order valence-corrected chi connectivity index (χ2v) is 5.63. The summed E-state index contributed by atoms with van der Waals surface area (Å²) in [6, 6.07) is 13.0. The average molecular weight is 322 g/mol. The summed E-state index contributed by atoms with van der Waals surface area (Å²) in [7, 11) is 0. The molecular weight excluding hydrogens is 304 g/mol. The maximum absolute atomic E-state index is 12.2. The van der Waals surface area contributed by atoms with Gasteiger partial charge < -0.3 is 4.98 Å². The Labute approximate surface area is 139 Å². The predicted molar refractivity (Wildman–Crippen MR) is 91.3 cm³/mol. The van der Waals surface area contributed by atoms with Crippen LogP contribution in [0.15, 0.2) is 42.5 Å². The Morgan fingerprint density at radius 3 is 2.62 bits per heavy atom. The van der Waals surface area contributed by atoms with E-state index in [1.807, 2.05) is 50.2 Å². The first-order chi connectivity index (χ1) is 11.5. The van der Waals surface area contributed by atoms with E-state index in [-0.39, 0.29) is 18.2 Å². The molecule has 24 heavy (non-hydrogen) atoms. The molecular formula is C18H18N4O2. The lowest BCUT2D eigenvalue weighted by molar-refractivity contribution is -0.121. The monoisotopic (exact) mass is 322 g/mol. The zero-order valence-corrected chi connectivity index (χ0v) is 13.5. The highest BCUT2D eigenvalue weighted by atomic mass is 16.2. The summed E-state index contributed by atoms with van der Waals surface area (Å²) >= 11 is 0. The largest absolute Gasteiger partial charge is 0.342 e. The Kier molecular flexibility index (Phi) is 4.29. The first-order valence-corrected chi connectivity index (χ1v) is 7.63. The molecule has 0 unspecified atom stereocenters. The van der Waals surface area contributed by atoms with Crippen molar-refractivity contribution in [1.29, 1.82) is 0 Å². The molecule has 0 saturated carbocycles. The van der Waals surface area contributed by atoms with Crippen LogP contribution in [0, 0.1) is 13.8 Å². The fraction of sp³-hybridized carbons (Fsp3) is 0.167. The van der Waals surface area contributed by atoms with Crippen LogP contribution in [-0.4, -0.2) is 21.8 Å². The number of H-pyrrole nitrogens is 1. The molecule has 0 aliphatic rings. The average Bonchev–Trinajstić information content (AvgIpc) is 2.97. The smallest absolute Gasteiger partial charge is 0.269 e. The van der Waals surface area contributed by atoms with Crippen LogP contribution in [0.5, 0.6) is 0 Å². The minimum absolute atomic E-state index is 0.0573. The van der Waals surface area contributed by atoms with Gasteiger partial charge >= 0.3 is 0 Å². The fourth-order valence-electron chi connectivity index (χ4n) is 2.48. The first kappa shape index (κ1) is 15.7. The molecule has 0 aliphatic heterocycles. The van der Waals surface area contributed by atoms with Crippen LogP contribution in [0.2, 0.25) is 0 Å². The van der Waals surface area contributed by atoms with E-state index >= 15 is 0 Å². The number of carbonyl (C=O) groups is 2. The van der Waals surface area contributed by atoms with Crippen LogP contribution >= 0.6 is 0 Å². The van der Waals surface area contributed by atoms with Crippen LogP contribution in [0.3, 0.4) is 0 Å². The number of hydrogen-bond donors (Lipinski definition) is 3. The van der Waals surface area contributed by atoms with Crippen molar-refractivity contribution < 1.29 is 9.59 Å². The van der Waals surface area contributed by atoms with Gasteiger partial charge in [-0.15, -0.1) is 0 Å². The van der Waals surface area contributed by atoms with Gasteiger partial charge in [0, 0.05) is 5.56 Å². The van der Waals surface area contributed by atoms with Gasteiger partial charge in [0.25, 0.3) is 5.91 Å². The van der Waals surface area contributed by atoms with Crippen molar-refractivity contribution in [2.24, 2.45) is 0 Å². The predicted octanol–water partition coefficient (Wildman–Crippen LogP) is 2.18. The number of fused-ring (bicyclic) bond motifs is 1. The number of aromatic nitrogens is 2. The number of aromatic amines is 1. The first-order valence-electron chi connectivity index (χ1n) is 7.63. The molecule has 0 radical (unpaired) electrons. The van der Waals surface area contributed by atoms with Gasteiger partial charge in [-0.2, -0.15) is 0 Å². The molecule has 1 heterocycles. The normalized spacial score (nSPS) is 10.6. The van der Waals surface area contributed by atoms with Gasteiger partial charge in [0.15, 0.2) is 0 Å². The number of rotatable bonds is 3. The molecule has 1 aromatic heterocycles. The van der Waals surface area contributed by atoms with E-state index in [0.29, 0.717) is 11.4 Å². The Morgan fingerprint density at radius 2 is 1.83 bits per heavy atom. The van der Waals surface area contributed by atoms with Gasteiger partial charge in [-0.1, -0.05) is 24.3 Å². The minimum Gasteiger partial charge on any atom is -0.342 e. The number of imidazole rings is 1. The van der Waals surface area contributed by atoms with Gasteiger partial charge in [-0.25, -0.2) is 4.98 Å². The van der Waals surface area contributed by atoms with Gasteiger partial charge in [0.05, 0.1) is 17.5 Å². The summed E-state index contributed by atoms with van der Waals surface area (Å²) in [5.74, 6) is -0.128. The number of benzene rings is 2. The lowest BCUT2D eigenvalue weighted by Crippen LogP contribution is -2.42. The van der Waals surface area contributed by atoms with Crippen molar-refractivity contribution in [3.8, 4) is 0 Å². The van der Waals surface area contributed by atoms with E-state index in [4.69, 9.17) is 0 Å². The SMILES string of the molecule is Cc1cccc(C(=O)NNC(=O)Cc2nc3ccccc3[nH]2)c1C. The summed E-state index contributed by atoms with van der Waals surface area (Å²) in [6.07, 6.45) is 0.0573. The van der Waals surface area contributed by atoms with E-state index in [0.717, 1.165) is 22.2 Å². The molecule has 3 aromatic rings. The van der Waals surface area contributed by atoms with Crippen LogP contribution in [-0.2, 0) is 11.2 Å². The van der Waals surface area contributed by atoms with Crippen molar-refractivity contribution in [3.63, 3.8) is 0 Å². The lowest BCUT2D eigenvalue weighted by atomic mass is 10.0. The Bertz CT molecular complexity index is 881. The summed E-state index contributed by atoms with van der Waals surface area (Å²) in [6.45, 7) is 3.81. The number of aryl methyl sites for hydroxylation is 1. The summed E-state index contributed by atoms with van der Waals surface area (Å²) in [5, 5.41) is 0. The Morgan fingerprint density at radius 1 is 1.04 bits per heavy atom. The van der Waals surface area contributed by atoms with Crippen molar-refractivity contribution in [2.75, 3.05) is 0 Å². The van der Waals surface area contributed by atoms with Crippen LogP contribution in [0.1, 0.15) is 27.3 Å². The summed E-state index contributed by atoms with van der Waals surface area (Å²) in [5.41, 5.74) is 9.00. The zero-order chi connectivity index (χ0) is 17.1. The molecule has 3 N–H and O–H groups in total. The summed E-state index contributed by atoms with van der Waals surface area (Å²) < 4.78 is 0. The van der Waals surface area contributed by atoms with Crippen LogP contribution in [0.4, 0.5) is 0 Å². The third kappa shape index (κ3) is 3.27. The van der Waals surface area contributed by atoms with Crippen molar-refractivity contribution in [1.82, 2.24) is 20.8 Å². The third-order valence-corrected chi connectivity index (χ3v) is 3.93. The van der Waals surface area contributed by atoms with E-state index in [2.05, 4.69) is 20.8 Å². The molecule has 6 heteroatoms. The number of para-hydroxylation sites is 2. The molecule has 2 aromatic carbocycles. The molecule has 3 rings (SSSR count). The number of carbonyl (C=O) groups excluding carboxylic acids is 2. The molecule has 0 spiro atoms. The second kappa shape index (κ2) is 6.54. The van der Waals surface area contributed by atoms with Gasteiger partial charge in [-0.3, -0.25) is 20.4 Å². The number of hydrogen-bond acceptors (Lipinski definition) is 3. The summed E-state index contributed by atoms with van der Waals surface area (Å²) in [4.78, 5) is 31.6. The Balaban J connectivity index is 1.61. The topological polar surface area (TPSA) is 86.9 Å². The molecule has 0 saturated heterocycles. The third-order valence-electron chi connectivity index (χ3n) is 3.93. The number of amides is 2. The number of hydrazine groups is 1. The maximum atomic E-state index is 12.2. The Hall–Kier alpha value is -3.15. The van der Waals surface area contributed by atoms with E-state index in [1.54, 1.807) is 6.07 Å².